The number of hydrogen-bond acceptors (Lipinski definition) is 4. The molecule has 0 spiro atoms. The summed E-state index contributed by atoms with van der Waals surface area (Å²) in [5.41, 5.74) is 12.5. The Morgan fingerprint density at radius 2 is 1.47 bits per heavy atom. The third-order valence-corrected chi connectivity index (χ3v) is 5.11. The van der Waals surface area contributed by atoms with E-state index < -0.39 is 0 Å². The molecule has 0 aliphatic carbocycles. The average Bonchev–Trinajstić information content (AvgIpc) is 2.80. The van der Waals surface area contributed by atoms with Crippen LogP contribution in [-0.4, -0.2) is 24.9 Å². The number of pyridine rings is 1. The fourth-order valence-corrected chi connectivity index (χ4v) is 3.39. The third-order valence-electron chi connectivity index (χ3n) is 5.11. The van der Waals surface area contributed by atoms with Gasteiger partial charge < -0.3 is 10.6 Å². The molecule has 0 saturated carbocycles. The quantitative estimate of drug-likeness (QED) is 0.468. The molecule has 0 unspecified atom stereocenters. The van der Waals surface area contributed by atoms with Crippen molar-refractivity contribution in [2.75, 3.05) is 24.7 Å². The molecule has 0 bridgehead atoms. The number of benzene rings is 3. The monoisotopic (exact) mass is 393 g/mol. The number of carbonyl (C=O) groups excluding carboxylic acids is 1. The highest BCUT2D eigenvalue weighted by Crippen LogP contribution is 2.31. The summed E-state index contributed by atoms with van der Waals surface area (Å²) < 4.78 is 0. The highest BCUT2D eigenvalue weighted by Gasteiger charge is 2.11. The van der Waals surface area contributed by atoms with Crippen molar-refractivity contribution >= 4 is 17.3 Å². The predicted octanol–water partition coefficient (Wildman–Crippen LogP) is 5.29. The third kappa shape index (κ3) is 3.94. The second-order valence-corrected chi connectivity index (χ2v) is 7.37. The maximum absolute atomic E-state index is 12.6. The zero-order valence-corrected chi connectivity index (χ0v) is 17.0. The van der Waals surface area contributed by atoms with Crippen molar-refractivity contribution in [3.8, 4) is 22.3 Å². The molecule has 0 atom stereocenters. The highest BCUT2D eigenvalue weighted by atomic mass is 16.1. The van der Waals surface area contributed by atoms with Crippen LogP contribution in [-0.2, 0) is 0 Å². The van der Waals surface area contributed by atoms with Gasteiger partial charge in [0.15, 0.2) is 5.78 Å². The van der Waals surface area contributed by atoms with E-state index in [1.54, 1.807) is 6.20 Å². The summed E-state index contributed by atoms with van der Waals surface area (Å²) in [6.07, 6.45) is 1.77. The molecule has 0 radical (unpaired) electrons. The van der Waals surface area contributed by atoms with Crippen LogP contribution in [0.15, 0.2) is 91.1 Å². The minimum atomic E-state index is 0.0128. The van der Waals surface area contributed by atoms with Gasteiger partial charge in [-0.15, -0.1) is 0 Å². The lowest BCUT2D eigenvalue weighted by Crippen LogP contribution is -2.08. The Labute approximate surface area is 176 Å². The van der Waals surface area contributed by atoms with Crippen molar-refractivity contribution in [3.63, 3.8) is 0 Å². The van der Waals surface area contributed by atoms with Crippen LogP contribution in [0, 0.1) is 0 Å². The Hall–Kier alpha value is -3.92. The second-order valence-electron chi connectivity index (χ2n) is 7.37. The largest absolute Gasteiger partial charge is 0.383 e. The predicted molar refractivity (Wildman–Crippen MR) is 124 cm³/mol. The van der Waals surface area contributed by atoms with Crippen LogP contribution < -0.4 is 10.6 Å². The van der Waals surface area contributed by atoms with Crippen LogP contribution >= 0.6 is 0 Å². The van der Waals surface area contributed by atoms with Crippen molar-refractivity contribution in [2.45, 2.75) is 0 Å². The fourth-order valence-electron chi connectivity index (χ4n) is 3.39. The number of aromatic nitrogens is 1. The number of nitrogen functional groups attached to an aromatic ring is 1. The van der Waals surface area contributed by atoms with Gasteiger partial charge in [0.1, 0.15) is 5.82 Å². The first-order valence-corrected chi connectivity index (χ1v) is 9.76. The molecule has 2 N–H and O–H groups in total. The molecule has 0 fully saturated rings. The molecule has 4 nitrogen and oxygen atoms in total. The number of nitrogens with zero attached hydrogens (tertiary/aromatic N) is 2. The van der Waals surface area contributed by atoms with Gasteiger partial charge in [0.2, 0.25) is 0 Å². The van der Waals surface area contributed by atoms with Gasteiger partial charge in [-0.05, 0) is 29.3 Å². The molecule has 0 aliphatic rings. The molecular weight excluding hydrogens is 370 g/mol. The Morgan fingerprint density at radius 3 is 2.17 bits per heavy atom. The van der Waals surface area contributed by atoms with Crippen molar-refractivity contribution in [3.05, 3.63) is 102 Å². The maximum atomic E-state index is 12.6. The number of nitrogens with two attached hydrogens (primary N) is 1. The smallest absolute Gasteiger partial charge is 0.193 e. The van der Waals surface area contributed by atoms with E-state index in [4.69, 9.17) is 5.73 Å². The van der Waals surface area contributed by atoms with E-state index in [2.05, 4.69) is 22.0 Å². The van der Waals surface area contributed by atoms with Gasteiger partial charge in [-0.25, -0.2) is 4.98 Å². The van der Waals surface area contributed by atoms with E-state index in [1.165, 1.54) is 0 Å². The molecule has 0 amide bonds. The Bertz CT molecular complexity index is 1180. The number of ketones is 1. The number of hydrogen-bond donors (Lipinski definition) is 1. The molecule has 4 rings (SSSR count). The first-order valence-electron chi connectivity index (χ1n) is 9.76. The van der Waals surface area contributed by atoms with Crippen LogP contribution in [0.2, 0.25) is 0 Å². The van der Waals surface area contributed by atoms with E-state index in [9.17, 15) is 4.79 Å². The van der Waals surface area contributed by atoms with Crippen molar-refractivity contribution in [1.29, 1.82) is 0 Å². The molecule has 148 valence electrons. The van der Waals surface area contributed by atoms with Crippen molar-refractivity contribution in [2.24, 2.45) is 0 Å². The van der Waals surface area contributed by atoms with Gasteiger partial charge >= 0.3 is 0 Å². The van der Waals surface area contributed by atoms with Gasteiger partial charge in [0.05, 0.1) is 0 Å². The van der Waals surface area contributed by atoms with E-state index in [0.29, 0.717) is 16.9 Å². The van der Waals surface area contributed by atoms with Crippen molar-refractivity contribution in [1.82, 2.24) is 4.98 Å². The minimum Gasteiger partial charge on any atom is -0.383 e. The minimum absolute atomic E-state index is 0.0128. The maximum Gasteiger partial charge on any atom is 0.193 e. The lowest BCUT2D eigenvalue weighted by Gasteiger charge is -2.15. The van der Waals surface area contributed by atoms with Crippen LogP contribution in [0.5, 0.6) is 0 Å². The standard InChI is InChI=1S/C26H23N3O/c1-29(2)23-10-6-9-21(15-23)24-16-22(17-28-26(24)27)18-11-13-20(14-12-18)25(30)19-7-4-3-5-8-19/h3-17H,1-2H3,(H2,27,28). The van der Waals surface area contributed by atoms with E-state index >= 15 is 0 Å². The fraction of sp³-hybridized carbons (Fsp3) is 0.0769. The molecule has 4 heteroatoms. The van der Waals surface area contributed by atoms with Crippen LogP contribution in [0.1, 0.15) is 15.9 Å². The molecule has 1 heterocycles. The summed E-state index contributed by atoms with van der Waals surface area (Å²) in [4.78, 5) is 19.1. The van der Waals surface area contributed by atoms with Gasteiger partial charge in [-0.1, -0.05) is 66.7 Å². The summed E-state index contributed by atoms with van der Waals surface area (Å²) in [6, 6.07) is 27.1. The van der Waals surface area contributed by atoms with Crippen molar-refractivity contribution < 1.29 is 4.79 Å². The average molecular weight is 393 g/mol. The number of carbonyl (C=O) groups is 1. The summed E-state index contributed by atoms with van der Waals surface area (Å²) in [7, 11) is 4.02. The summed E-state index contributed by atoms with van der Waals surface area (Å²) in [5.74, 6) is 0.504. The van der Waals surface area contributed by atoms with Crippen LogP contribution in [0.25, 0.3) is 22.3 Å². The van der Waals surface area contributed by atoms with Gasteiger partial charge in [-0.3, -0.25) is 4.79 Å². The summed E-state index contributed by atoms with van der Waals surface area (Å²) >= 11 is 0. The Balaban J connectivity index is 1.66. The molecule has 30 heavy (non-hydrogen) atoms. The molecule has 3 aromatic carbocycles. The van der Waals surface area contributed by atoms with Gasteiger partial charge in [-0.2, -0.15) is 0 Å². The van der Waals surface area contributed by atoms with E-state index in [-0.39, 0.29) is 5.78 Å². The zero-order valence-electron chi connectivity index (χ0n) is 17.0. The summed E-state index contributed by atoms with van der Waals surface area (Å²) in [5, 5.41) is 0. The molecule has 1 aromatic heterocycles. The molecule has 0 aliphatic heterocycles. The molecular formula is C26H23N3O. The Morgan fingerprint density at radius 1 is 0.767 bits per heavy atom. The van der Waals surface area contributed by atoms with E-state index in [1.807, 2.05) is 86.9 Å². The van der Waals surface area contributed by atoms with Crippen LogP contribution in [0.4, 0.5) is 11.5 Å². The van der Waals surface area contributed by atoms with E-state index in [0.717, 1.165) is 27.9 Å². The van der Waals surface area contributed by atoms with Crippen LogP contribution in [0.3, 0.4) is 0 Å². The second kappa shape index (κ2) is 8.21. The lowest BCUT2D eigenvalue weighted by molar-refractivity contribution is 0.103. The zero-order chi connectivity index (χ0) is 21.1. The number of anilines is 2. The van der Waals surface area contributed by atoms with Gasteiger partial charge in [0, 0.05) is 48.2 Å². The van der Waals surface area contributed by atoms with Gasteiger partial charge in [0.25, 0.3) is 0 Å². The number of rotatable bonds is 5. The normalized spacial score (nSPS) is 10.6. The highest BCUT2D eigenvalue weighted by molar-refractivity contribution is 6.09. The molecule has 0 saturated heterocycles. The summed E-state index contributed by atoms with van der Waals surface area (Å²) in [6.45, 7) is 0. The molecule has 4 aromatic rings. The first kappa shape index (κ1) is 19.4. The Kier molecular flexibility index (Phi) is 5.31. The topological polar surface area (TPSA) is 59.2 Å². The first-order chi connectivity index (χ1) is 14.5. The SMILES string of the molecule is CN(C)c1cccc(-c2cc(-c3ccc(C(=O)c4ccccc4)cc3)cnc2N)c1. The lowest BCUT2D eigenvalue weighted by atomic mass is 9.98.